The third kappa shape index (κ3) is 3.65. The summed E-state index contributed by atoms with van der Waals surface area (Å²) in [7, 11) is 0. The van der Waals surface area contributed by atoms with E-state index in [-0.39, 0.29) is 0 Å². The zero-order valence-corrected chi connectivity index (χ0v) is 14.5. The van der Waals surface area contributed by atoms with Crippen molar-refractivity contribution in [1.82, 2.24) is 9.38 Å². The second kappa shape index (κ2) is 7.02. The van der Waals surface area contributed by atoms with Gasteiger partial charge in [0, 0.05) is 24.2 Å². The van der Waals surface area contributed by atoms with Crippen molar-refractivity contribution in [1.29, 1.82) is 0 Å². The highest BCUT2D eigenvalue weighted by Gasteiger charge is 2.10. The fourth-order valence-corrected chi connectivity index (χ4v) is 3.58. The van der Waals surface area contributed by atoms with Gasteiger partial charge in [0.2, 0.25) is 0 Å². The molecule has 2 N–H and O–H groups in total. The van der Waals surface area contributed by atoms with E-state index in [2.05, 4.69) is 21.6 Å². The van der Waals surface area contributed by atoms with Gasteiger partial charge in [-0.05, 0) is 43.4 Å². The summed E-state index contributed by atoms with van der Waals surface area (Å²) in [6.45, 7) is 2.76. The molecule has 118 valence electrons. The Labute approximate surface area is 145 Å². The molecule has 3 aromatic rings. The van der Waals surface area contributed by atoms with Crippen LogP contribution in [0.15, 0.2) is 59.8 Å². The lowest BCUT2D eigenvalue weighted by Crippen LogP contribution is -2.37. The van der Waals surface area contributed by atoms with Gasteiger partial charge in [-0.2, -0.15) is 0 Å². The fourth-order valence-electron chi connectivity index (χ4n) is 2.44. The van der Waals surface area contributed by atoms with Crippen LogP contribution in [0.3, 0.4) is 0 Å². The van der Waals surface area contributed by atoms with Gasteiger partial charge < -0.3 is 10.6 Å². The monoisotopic (exact) mass is 342 g/mol. The zero-order chi connectivity index (χ0) is 16.2. The van der Waals surface area contributed by atoms with E-state index >= 15 is 0 Å². The van der Waals surface area contributed by atoms with Gasteiger partial charge >= 0.3 is 0 Å². The molecule has 0 amide bonds. The van der Waals surface area contributed by atoms with E-state index in [0.29, 0.717) is 5.11 Å². The van der Waals surface area contributed by atoms with Crippen molar-refractivity contribution in [2.24, 2.45) is 5.73 Å². The summed E-state index contributed by atoms with van der Waals surface area (Å²) in [5.41, 5.74) is 8.89. The summed E-state index contributed by atoms with van der Waals surface area (Å²) in [4.78, 5) is 6.45. The quantitative estimate of drug-likeness (QED) is 0.568. The molecule has 0 bridgehead atoms. The van der Waals surface area contributed by atoms with Crippen LogP contribution >= 0.6 is 24.0 Å². The molecular formula is C17H18N4S2. The van der Waals surface area contributed by atoms with Crippen LogP contribution in [0, 0.1) is 6.92 Å². The van der Waals surface area contributed by atoms with Crippen LogP contribution < -0.4 is 10.6 Å². The molecule has 0 saturated carbocycles. The van der Waals surface area contributed by atoms with Gasteiger partial charge in [-0.3, -0.25) is 4.40 Å². The van der Waals surface area contributed by atoms with E-state index in [4.69, 9.17) is 18.0 Å². The number of imidazole rings is 1. The molecule has 6 heteroatoms. The smallest absolute Gasteiger partial charge is 0.170 e. The summed E-state index contributed by atoms with van der Waals surface area (Å²) >= 11 is 6.96. The normalized spacial score (nSPS) is 10.8. The number of thioether (sulfide) groups is 1. The number of benzene rings is 1. The minimum absolute atomic E-state index is 0.397. The lowest BCUT2D eigenvalue weighted by molar-refractivity contribution is 1.01. The van der Waals surface area contributed by atoms with Crippen molar-refractivity contribution in [3.8, 4) is 0 Å². The molecule has 0 saturated heterocycles. The molecule has 0 aliphatic rings. The van der Waals surface area contributed by atoms with Crippen molar-refractivity contribution in [3.05, 3.63) is 60.4 Å². The van der Waals surface area contributed by atoms with Gasteiger partial charge in [0.15, 0.2) is 5.11 Å². The standard InChI is InChI=1S/C17H18N4S2/c1-13-12-21-15(19-13)8-5-9-16(21)23-11-10-20(17(18)22)14-6-3-2-4-7-14/h2-9,12H,10-11H2,1H3,(H2,18,22). The number of hydrogen-bond donors (Lipinski definition) is 1. The number of nitrogens with zero attached hydrogens (tertiary/aromatic N) is 3. The van der Waals surface area contributed by atoms with Gasteiger partial charge in [-0.1, -0.05) is 24.3 Å². The average Bonchev–Trinajstić information content (AvgIpc) is 2.93. The summed E-state index contributed by atoms with van der Waals surface area (Å²) in [5, 5.41) is 1.56. The topological polar surface area (TPSA) is 46.6 Å². The van der Waals surface area contributed by atoms with E-state index in [0.717, 1.165) is 29.3 Å². The number of rotatable bonds is 5. The maximum absolute atomic E-state index is 5.87. The minimum Gasteiger partial charge on any atom is -0.376 e. The number of anilines is 1. The molecule has 1 aromatic carbocycles. The number of thiocarbonyl (C=S) groups is 1. The Hall–Kier alpha value is -2.05. The van der Waals surface area contributed by atoms with Crippen molar-refractivity contribution >= 4 is 40.4 Å². The van der Waals surface area contributed by atoms with E-state index in [1.54, 1.807) is 11.8 Å². The molecule has 0 atom stereocenters. The summed E-state index contributed by atoms with van der Waals surface area (Å²) in [6, 6.07) is 16.2. The summed E-state index contributed by atoms with van der Waals surface area (Å²) < 4.78 is 2.12. The van der Waals surface area contributed by atoms with Crippen LogP contribution in [0.5, 0.6) is 0 Å². The molecule has 0 spiro atoms. The van der Waals surface area contributed by atoms with Gasteiger partial charge in [-0.15, -0.1) is 11.8 Å². The van der Waals surface area contributed by atoms with Crippen molar-refractivity contribution < 1.29 is 0 Å². The summed E-state index contributed by atoms with van der Waals surface area (Å²) in [6.07, 6.45) is 2.06. The van der Waals surface area contributed by atoms with E-state index in [1.165, 1.54) is 5.03 Å². The third-order valence-corrected chi connectivity index (χ3v) is 4.71. The highest BCUT2D eigenvalue weighted by atomic mass is 32.2. The number of aromatic nitrogens is 2. The molecule has 0 radical (unpaired) electrons. The van der Waals surface area contributed by atoms with Gasteiger partial charge in [0.05, 0.1) is 10.7 Å². The Morgan fingerprint density at radius 2 is 2.00 bits per heavy atom. The van der Waals surface area contributed by atoms with E-state index < -0.39 is 0 Å². The Kier molecular flexibility index (Phi) is 4.83. The molecule has 4 nitrogen and oxygen atoms in total. The van der Waals surface area contributed by atoms with Crippen LogP contribution in [-0.4, -0.2) is 26.8 Å². The number of pyridine rings is 1. The van der Waals surface area contributed by atoms with Crippen molar-refractivity contribution in [2.75, 3.05) is 17.2 Å². The Bertz CT molecular complexity index is 814. The predicted molar refractivity (Wildman–Crippen MR) is 101 cm³/mol. The number of nitrogens with two attached hydrogens (primary N) is 1. The SMILES string of the molecule is Cc1cn2c(SCCN(C(N)=S)c3ccccc3)cccc2n1. The molecule has 0 fully saturated rings. The molecule has 2 heterocycles. The fraction of sp³-hybridized carbons (Fsp3) is 0.176. The Morgan fingerprint density at radius 1 is 1.22 bits per heavy atom. The first-order valence-corrected chi connectivity index (χ1v) is 8.74. The van der Waals surface area contributed by atoms with Crippen LogP contribution in [0.1, 0.15) is 5.69 Å². The molecule has 0 aliphatic heterocycles. The second-order valence-corrected chi connectivity index (χ2v) is 6.68. The maximum Gasteiger partial charge on any atom is 0.170 e. The van der Waals surface area contributed by atoms with Crippen LogP contribution in [-0.2, 0) is 0 Å². The number of para-hydroxylation sites is 1. The molecule has 0 unspecified atom stereocenters. The van der Waals surface area contributed by atoms with Gasteiger partial charge in [-0.25, -0.2) is 4.98 Å². The number of aryl methyl sites for hydroxylation is 1. The van der Waals surface area contributed by atoms with E-state index in [1.807, 2.05) is 54.3 Å². The third-order valence-electron chi connectivity index (χ3n) is 3.47. The van der Waals surface area contributed by atoms with Crippen LogP contribution in [0.2, 0.25) is 0 Å². The van der Waals surface area contributed by atoms with Crippen molar-refractivity contribution in [3.63, 3.8) is 0 Å². The molecule has 3 rings (SSSR count). The highest BCUT2D eigenvalue weighted by Crippen LogP contribution is 2.21. The Morgan fingerprint density at radius 3 is 2.74 bits per heavy atom. The van der Waals surface area contributed by atoms with Gasteiger partial charge in [0.1, 0.15) is 5.65 Å². The van der Waals surface area contributed by atoms with Crippen molar-refractivity contribution in [2.45, 2.75) is 11.9 Å². The first kappa shape index (κ1) is 15.8. The number of fused-ring (bicyclic) bond motifs is 1. The summed E-state index contributed by atoms with van der Waals surface area (Å²) in [5.74, 6) is 0.878. The van der Waals surface area contributed by atoms with Crippen LogP contribution in [0.4, 0.5) is 5.69 Å². The largest absolute Gasteiger partial charge is 0.376 e. The second-order valence-electron chi connectivity index (χ2n) is 5.15. The molecule has 2 aromatic heterocycles. The molecule has 23 heavy (non-hydrogen) atoms. The zero-order valence-electron chi connectivity index (χ0n) is 12.8. The Balaban J connectivity index is 1.71. The molecule has 0 aliphatic carbocycles. The lowest BCUT2D eigenvalue weighted by Gasteiger charge is -2.22. The van der Waals surface area contributed by atoms with E-state index in [9.17, 15) is 0 Å². The van der Waals surface area contributed by atoms with Crippen LogP contribution in [0.25, 0.3) is 5.65 Å². The first-order chi connectivity index (χ1) is 11.1. The lowest BCUT2D eigenvalue weighted by atomic mass is 10.3. The predicted octanol–water partition coefficient (Wildman–Crippen LogP) is 3.49. The molecular weight excluding hydrogens is 324 g/mol. The van der Waals surface area contributed by atoms with Gasteiger partial charge in [0.25, 0.3) is 0 Å². The average molecular weight is 342 g/mol. The number of hydrogen-bond acceptors (Lipinski definition) is 3. The minimum atomic E-state index is 0.397. The maximum atomic E-state index is 5.87. The highest BCUT2D eigenvalue weighted by molar-refractivity contribution is 7.99. The first-order valence-electron chi connectivity index (χ1n) is 7.35.